The Bertz CT molecular complexity index is 799. The molecule has 7 heteroatoms. The maximum Gasteiger partial charge on any atom is 0.269 e. The minimum absolute atomic E-state index is 0.0173. The number of nitro benzene ring substituents is 1. The van der Waals surface area contributed by atoms with Gasteiger partial charge in [0, 0.05) is 36.6 Å². The van der Waals surface area contributed by atoms with Crippen LogP contribution in [0.15, 0.2) is 42.5 Å². The summed E-state index contributed by atoms with van der Waals surface area (Å²) in [6.07, 6.45) is 0.169. The standard InChI is InChI=1S/C19H21N3O4/c1-14-12-17(21-8-10-26-11-9-21)6-7-18(14)20-19(23)13-15-2-4-16(5-3-15)22(24)25/h2-7,12H,8-11,13H2,1H3,(H,20,23). The number of rotatable bonds is 5. The summed E-state index contributed by atoms with van der Waals surface area (Å²) in [7, 11) is 0. The highest BCUT2D eigenvalue weighted by atomic mass is 16.6. The van der Waals surface area contributed by atoms with Gasteiger partial charge in [-0.2, -0.15) is 0 Å². The lowest BCUT2D eigenvalue weighted by Crippen LogP contribution is -2.36. The first-order chi connectivity index (χ1) is 12.5. The molecular weight excluding hydrogens is 334 g/mol. The van der Waals surface area contributed by atoms with Gasteiger partial charge in [0.1, 0.15) is 0 Å². The van der Waals surface area contributed by atoms with E-state index in [-0.39, 0.29) is 18.0 Å². The monoisotopic (exact) mass is 355 g/mol. The van der Waals surface area contributed by atoms with Crippen molar-refractivity contribution < 1.29 is 14.5 Å². The van der Waals surface area contributed by atoms with Crippen LogP contribution in [0.1, 0.15) is 11.1 Å². The van der Waals surface area contributed by atoms with E-state index in [1.54, 1.807) is 12.1 Å². The van der Waals surface area contributed by atoms with Gasteiger partial charge in [0.05, 0.1) is 24.6 Å². The fourth-order valence-electron chi connectivity index (χ4n) is 2.92. The molecule has 1 saturated heterocycles. The lowest BCUT2D eigenvalue weighted by Gasteiger charge is -2.29. The van der Waals surface area contributed by atoms with E-state index < -0.39 is 4.92 Å². The van der Waals surface area contributed by atoms with Gasteiger partial charge in [-0.25, -0.2) is 0 Å². The van der Waals surface area contributed by atoms with Crippen molar-refractivity contribution in [2.75, 3.05) is 36.5 Å². The molecule has 136 valence electrons. The molecule has 7 nitrogen and oxygen atoms in total. The first-order valence-corrected chi connectivity index (χ1v) is 8.49. The summed E-state index contributed by atoms with van der Waals surface area (Å²) in [4.78, 5) is 24.7. The summed E-state index contributed by atoms with van der Waals surface area (Å²) in [5, 5.41) is 13.6. The summed E-state index contributed by atoms with van der Waals surface area (Å²) in [6.45, 7) is 5.15. The van der Waals surface area contributed by atoms with E-state index in [0.29, 0.717) is 0 Å². The van der Waals surface area contributed by atoms with Gasteiger partial charge < -0.3 is 15.0 Å². The van der Waals surface area contributed by atoms with Crippen molar-refractivity contribution in [2.24, 2.45) is 0 Å². The normalized spacial score (nSPS) is 14.1. The first-order valence-electron chi connectivity index (χ1n) is 8.49. The molecular formula is C19H21N3O4. The fraction of sp³-hybridized carbons (Fsp3) is 0.316. The smallest absolute Gasteiger partial charge is 0.269 e. The van der Waals surface area contributed by atoms with Gasteiger partial charge in [0.2, 0.25) is 5.91 Å². The van der Waals surface area contributed by atoms with Crippen molar-refractivity contribution in [3.05, 3.63) is 63.7 Å². The molecule has 26 heavy (non-hydrogen) atoms. The van der Waals surface area contributed by atoms with Crippen LogP contribution in [0.2, 0.25) is 0 Å². The van der Waals surface area contributed by atoms with Gasteiger partial charge >= 0.3 is 0 Å². The summed E-state index contributed by atoms with van der Waals surface area (Å²) < 4.78 is 5.37. The van der Waals surface area contributed by atoms with Crippen LogP contribution in [0.25, 0.3) is 0 Å². The zero-order valence-electron chi connectivity index (χ0n) is 14.6. The Labute approximate surface area is 151 Å². The molecule has 1 aliphatic rings. The molecule has 0 aromatic heterocycles. The maximum absolute atomic E-state index is 12.3. The van der Waals surface area contributed by atoms with Crippen molar-refractivity contribution in [3.8, 4) is 0 Å². The number of nitrogens with one attached hydrogen (secondary N) is 1. The zero-order valence-corrected chi connectivity index (χ0v) is 14.6. The molecule has 0 bridgehead atoms. The van der Waals surface area contributed by atoms with Gasteiger partial charge in [-0.15, -0.1) is 0 Å². The van der Waals surface area contributed by atoms with Crippen LogP contribution in [0.5, 0.6) is 0 Å². The average Bonchev–Trinajstić information content (AvgIpc) is 2.64. The van der Waals surface area contributed by atoms with Crippen LogP contribution in [0, 0.1) is 17.0 Å². The van der Waals surface area contributed by atoms with Gasteiger partial charge in [-0.3, -0.25) is 14.9 Å². The number of aryl methyl sites for hydroxylation is 1. The van der Waals surface area contributed by atoms with Gasteiger partial charge in [-0.1, -0.05) is 12.1 Å². The third kappa shape index (κ3) is 4.37. The zero-order chi connectivity index (χ0) is 18.5. The highest BCUT2D eigenvalue weighted by Gasteiger charge is 2.13. The Morgan fingerprint density at radius 1 is 1.19 bits per heavy atom. The van der Waals surface area contributed by atoms with Crippen molar-refractivity contribution in [3.63, 3.8) is 0 Å². The average molecular weight is 355 g/mol. The number of nitro groups is 1. The summed E-state index contributed by atoms with van der Waals surface area (Å²) in [5.41, 5.74) is 3.64. The summed E-state index contributed by atoms with van der Waals surface area (Å²) in [6, 6.07) is 12.0. The Hall–Kier alpha value is -2.93. The van der Waals surface area contributed by atoms with E-state index in [0.717, 1.165) is 48.8 Å². The molecule has 1 fully saturated rings. The number of hydrogen-bond acceptors (Lipinski definition) is 5. The van der Waals surface area contributed by atoms with Gasteiger partial charge in [0.25, 0.3) is 5.69 Å². The molecule has 1 N–H and O–H groups in total. The molecule has 0 aliphatic carbocycles. The van der Waals surface area contributed by atoms with E-state index in [4.69, 9.17) is 4.74 Å². The van der Waals surface area contributed by atoms with E-state index in [1.807, 2.05) is 19.1 Å². The molecule has 3 rings (SSSR count). The Balaban J connectivity index is 1.62. The molecule has 0 atom stereocenters. The quantitative estimate of drug-likeness (QED) is 0.658. The van der Waals surface area contributed by atoms with Crippen LogP contribution >= 0.6 is 0 Å². The molecule has 2 aromatic rings. The number of ether oxygens (including phenoxy) is 1. The second-order valence-electron chi connectivity index (χ2n) is 6.25. The minimum atomic E-state index is -0.455. The minimum Gasteiger partial charge on any atom is -0.378 e. The van der Waals surface area contributed by atoms with Crippen LogP contribution in [0.4, 0.5) is 17.1 Å². The molecule has 0 spiro atoms. The highest BCUT2D eigenvalue weighted by molar-refractivity contribution is 5.93. The van der Waals surface area contributed by atoms with E-state index in [9.17, 15) is 14.9 Å². The summed E-state index contributed by atoms with van der Waals surface area (Å²) in [5.74, 6) is -0.152. The van der Waals surface area contributed by atoms with Gasteiger partial charge in [-0.05, 0) is 36.2 Å². The number of anilines is 2. The number of hydrogen-bond donors (Lipinski definition) is 1. The Kier molecular flexibility index (Phi) is 5.48. The third-order valence-corrected chi connectivity index (χ3v) is 4.37. The molecule has 0 unspecified atom stereocenters. The van der Waals surface area contributed by atoms with Crippen molar-refractivity contribution >= 4 is 23.0 Å². The molecule has 0 saturated carbocycles. The highest BCUT2D eigenvalue weighted by Crippen LogP contribution is 2.23. The fourth-order valence-corrected chi connectivity index (χ4v) is 2.92. The number of benzene rings is 2. The second-order valence-corrected chi connectivity index (χ2v) is 6.25. The number of amides is 1. The number of non-ortho nitro benzene ring substituents is 1. The lowest BCUT2D eigenvalue weighted by atomic mass is 10.1. The van der Waals surface area contributed by atoms with Crippen molar-refractivity contribution in [2.45, 2.75) is 13.3 Å². The largest absolute Gasteiger partial charge is 0.378 e. The molecule has 0 radical (unpaired) electrons. The SMILES string of the molecule is Cc1cc(N2CCOCC2)ccc1NC(=O)Cc1ccc([N+](=O)[O-])cc1. The van der Waals surface area contributed by atoms with Crippen molar-refractivity contribution in [1.82, 2.24) is 0 Å². The number of carbonyl (C=O) groups is 1. The molecule has 1 heterocycles. The predicted octanol–water partition coefficient (Wildman–Crippen LogP) is 2.92. The Morgan fingerprint density at radius 2 is 1.88 bits per heavy atom. The molecule has 1 amide bonds. The van der Waals surface area contributed by atoms with Gasteiger partial charge in [0.15, 0.2) is 0 Å². The van der Waals surface area contributed by atoms with Crippen molar-refractivity contribution in [1.29, 1.82) is 0 Å². The molecule has 1 aliphatic heterocycles. The number of carbonyl (C=O) groups excluding carboxylic acids is 1. The number of nitrogens with zero attached hydrogens (tertiary/aromatic N) is 2. The predicted molar refractivity (Wildman–Crippen MR) is 99.6 cm³/mol. The topological polar surface area (TPSA) is 84.7 Å². The lowest BCUT2D eigenvalue weighted by molar-refractivity contribution is -0.384. The molecule has 2 aromatic carbocycles. The van der Waals surface area contributed by atoms with Crippen LogP contribution in [-0.4, -0.2) is 37.1 Å². The third-order valence-electron chi connectivity index (χ3n) is 4.37. The first kappa shape index (κ1) is 17.9. The number of morpholine rings is 1. The van der Waals surface area contributed by atoms with Crippen LogP contribution in [-0.2, 0) is 16.0 Å². The summed E-state index contributed by atoms with van der Waals surface area (Å²) >= 11 is 0. The van der Waals surface area contributed by atoms with E-state index >= 15 is 0 Å². The second kappa shape index (κ2) is 7.97. The maximum atomic E-state index is 12.3. The Morgan fingerprint density at radius 3 is 2.50 bits per heavy atom. The van der Waals surface area contributed by atoms with E-state index in [2.05, 4.69) is 16.3 Å². The van der Waals surface area contributed by atoms with Crippen LogP contribution in [0.3, 0.4) is 0 Å². The van der Waals surface area contributed by atoms with Crippen LogP contribution < -0.4 is 10.2 Å². The van der Waals surface area contributed by atoms with E-state index in [1.165, 1.54) is 12.1 Å².